The number of ether oxygens (including phenoxy) is 1. The zero-order valence-electron chi connectivity index (χ0n) is 11.4. The molecule has 2 aliphatic rings. The number of hydrogen-bond acceptors (Lipinski definition) is 2. The molecule has 2 fully saturated rings. The minimum absolute atomic E-state index is 0.0414. The van der Waals surface area contributed by atoms with Crippen LogP contribution in [-0.2, 0) is 15.7 Å². The van der Waals surface area contributed by atoms with E-state index in [1.807, 2.05) is 0 Å². The Morgan fingerprint density at radius 2 is 1.86 bits per heavy atom. The Morgan fingerprint density at radius 1 is 1.19 bits per heavy atom. The number of carbonyl (C=O) groups is 1. The van der Waals surface area contributed by atoms with E-state index < -0.39 is 11.7 Å². The van der Waals surface area contributed by atoms with Crippen molar-refractivity contribution in [2.24, 2.45) is 5.92 Å². The van der Waals surface area contributed by atoms with Gasteiger partial charge in [0.15, 0.2) is 0 Å². The molecule has 1 aromatic carbocycles. The topological polar surface area (TPSA) is 29.5 Å². The van der Waals surface area contributed by atoms with Gasteiger partial charge in [0.2, 0.25) is 5.91 Å². The van der Waals surface area contributed by atoms with Crippen molar-refractivity contribution in [1.82, 2.24) is 4.90 Å². The zero-order valence-corrected chi connectivity index (χ0v) is 11.4. The molecule has 3 rings (SSSR count). The Balaban J connectivity index is 1.74. The van der Waals surface area contributed by atoms with Gasteiger partial charge in [0.25, 0.3) is 0 Å². The average Bonchev–Trinajstić information content (AvgIpc) is 3.27. The second kappa shape index (κ2) is 5.33. The first-order chi connectivity index (χ1) is 9.98. The molecule has 0 aromatic heterocycles. The van der Waals surface area contributed by atoms with Crippen molar-refractivity contribution in [1.29, 1.82) is 0 Å². The molecule has 0 bridgehead atoms. The predicted molar refractivity (Wildman–Crippen MR) is 69.7 cm³/mol. The highest BCUT2D eigenvalue weighted by atomic mass is 19.4. The van der Waals surface area contributed by atoms with Gasteiger partial charge in [0.05, 0.1) is 18.8 Å². The minimum Gasteiger partial charge on any atom is -0.378 e. The van der Waals surface area contributed by atoms with Crippen LogP contribution < -0.4 is 0 Å². The van der Waals surface area contributed by atoms with Crippen LogP contribution >= 0.6 is 0 Å². The third-order valence-corrected chi connectivity index (χ3v) is 4.10. The van der Waals surface area contributed by atoms with Gasteiger partial charge in [-0.15, -0.1) is 0 Å². The van der Waals surface area contributed by atoms with Crippen LogP contribution in [0.2, 0.25) is 0 Å². The lowest BCUT2D eigenvalue weighted by atomic mass is 10.0. The van der Waals surface area contributed by atoms with Crippen molar-refractivity contribution in [3.8, 4) is 0 Å². The first-order valence-electron chi connectivity index (χ1n) is 7.01. The number of carbonyl (C=O) groups excluding carboxylic acids is 1. The fourth-order valence-electron chi connectivity index (χ4n) is 2.91. The third-order valence-electron chi connectivity index (χ3n) is 4.10. The van der Waals surface area contributed by atoms with E-state index in [9.17, 15) is 18.0 Å². The number of benzene rings is 1. The molecule has 1 saturated heterocycles. The van der Waals surface area contributed by atoms with E-state index in [0.717, 1.165) is 6.07 Å². The fraction of sp³-hybridized carbons (Fsp3) is 0.533. The van der Waals surface area contributed by atoms with E-state index >= 15 is 0 Å². The molecule has 1 aliphatic heterocycles. The van der Waals surface area contributed by atoms with Crippen molar-refractivity contribution >= 4 is 5.91 Å². The molecule has 1 heterocycles. The zero-order chi connectivity index (χ0) is 15.0. The van der Waals surface area contributed by atoms with Gasteiger partial charge in [-0.25, -0.2) is 0 Å². The summed E-state index contributed by atoms with van der Waals surface area (Å²) in [7, 11) is 0. The van der Waals surface area contributed by atoms with E-state index in [-0.39, 0.29) is 23.3 Å². The monoisotopic (exact) mass is 299 g/mol. The maximum Gasteiger partial charge on any atom is 0.416 e. The first-order valence-corrected chi connectivity index (χ1v) is 7.01. The molecule has 21 heavy (non-hydrogen) atoms. The lowest BCUT2D eigenvalue weighted by Gasteiger charge is -2.27. The number of rotatable bonds is 2. The van der Waals surface area contributed by atoms with Crippen molar-refractivity contribution in [3.63, 3.8) is 0 Å². The van der Waals surface area contributed by atoms with Crippen molar-refractivity contribution < 1.29 is 22.7 Å². The van der Waals surface area contributed by atoms with E-state index in [2.05, 4.69) is 0 Å². The maximum absolute atomic E-state index is 13.0. The summed E-state index contributed by atoms with van der Waals surface area (Å²) < 4.78 is 44.2. The molecule has 0 radical (unpaired) electrons. The molecule has 0 spiro atoms. The highest BCUT2D eigenvalue weighted by molar-refractivity contribution is 5.83. The van der Waals surface area contributed by atoms with Crippen LogP contribution in [0.15, 0.2) is 24.3 Å². The standard InChI is InChI=1S/C15H16F3NO2/c16-15(17,18)13-4-2-1-3-10(13)11-9-12(11)14(20)19-5-7-21-8-6-19/h1-4,11-12H,5-9H2. The van der Waals surface area contributed by atoms with Crippen LogP contribution in [-0.4, -0.2) is 37.1 Å². The summed E-state index contributed by atoms with van der Waals surface area (Å²) in [5.41, 5.74) is -0.371. The molecule has 1 aromatic rings. The Hall–Kier alpha value is -1.56. The van der Waals surface area contributed by atoms with Gasteiger partial charge < -0.3 is 9.64 Å². The number of nitrogens with zero attached hydrogens (tertiary/aromatic N) is 1. The molecule has 2 unspecified atom stereocenters. The van der Waals surface area contributed by atoms with E-state index in [0.29, 0.717) is 32.7 Å². The van der Waals surface area contributed by atoms with Gasteiger partial charge >= 0.3 is 6.18 Å². The number of alkyl halides is 3. The van der Waals surface area contributed by atoms with Gasteiger partial charge in [-0.2, -0.15) is 13.2 Å². The molecule has 2 atom stereocenters. The second-order valence-electron chi connectivity index (χ2n) is 5.47. The Bertz CT molecular complexity index is 538. The predicted octanol–water partition coefficient (Wildman–Crippen LogP) is 2.67. The van der Waals surface area contributed by atoms with Crippen LogP contribution in [0.5, 0.6) is 0 Å². The highest BCUT2D eigenvalue weighted by Gasteiger charge is 2.49. The fourth-order valence-corrected chi connectivity index (χ4v) is 2.91. The van der Waals surface area contributed by atoms with Gasteiger partial charge in [-0.1, -0.05) is 18.2 Å². The summed E-state index contributed by atoms with van der Waals surface area (Å²) in [6.45, 7) is 2.07. The molecule has 114 valence electrons. The summed E-state index contributed by atoms with van der Waals surface area (Å²) in [5, 5.41) is 0. The molecule has 1 saturated carbocycles. The largest absolute Gasteiger partial charge is 0.416 e. The molecule has 0 N–H and O–H groups in total. The SMILES string of the molecule is O=C(C1CC1c1ccccc1C(F)(F)F)N1CCOCC1. The first kappa shape index (κ1) is 14.4. The number of halogens is 3. The van der Waals surface area contributed by atoms with E-state index in [1.54, 1.807) is 11.0 Å². The second-order valence-corrected chi connectivity index (χ2v) is 5.47. The van der Waals surface area contributed by atoms with E-state index in [1.165, 1.54) is 12.1 Å². The quantitative estimate of drug-likeness (QED) is 0.840. The Kier molecular flexibility index (Phi) is 3.65. The lowest BCUT2D eigenvalue weighted by molar-refractivity contribution is -0.139. The summed E-state index contributed by atoms with van der Waals surface area (Å²) in [4.78, 5) is 14.0. The molecule has 1 amide bonds. The summed E-state index contributed by atoms with van der Waals surface area (Å²) >= 11 is 0. The number of morpholine rings is 1. The van der Waals surface area contributed by atoms with Crippen molar-refractivity contribution in [3.05, 3.63) is 35.4 Å². The molecule has 6 heteroatoms. The number of amides is 1. The van der Waals surface area contributed by atoms with Crippen LogP contribution in [0.1, 0.15) is 23.5 Å². The normalized spacial score (nSPS) is 25.8. The van der Waals surface area contributed by atoms with Gasteiger partial charge in [0, 0.05) is 19.0 Å². The van der Waals surface area contributed by atoms with E-state index in [4.69, 9.17) is 4.74 Å². The summed E-state index contributed by atoms with van der Waals surface area (Å²) in [5.74, 6) is -0.662. The maximum atomic E-state index is 13.0. The van der Waals surface area contributed by atoms with Gasteiger partial charge in [-0.3, -0.25) is 4.79 Å². The summed E-state index contributed by atoms with van der Waals surface area (Å²) in [6.07, 6.45) is -3.87. The Morgan fingerprint density at radius 3 is 2.52 bits per heavy atom. The Labute approximate surface area is 120 Å². The van der Waals surface area contributed by atoms with Gasteiger partial charge in [0.1, 0.15) is 0 Å². The van der Waals surface area contributed by atoms with Crippen molar-refractivity contribution in [2.45, 2.75) is 18.5 Å². The van der Waals surface area contributed by atoms with Crippen LogP contribution in [0, 0.1) is 5.92 Å². The average molecular weight is 299 g/mol. The molecular weight excluding hydrogens is 283 g/mol. The molecule has 3 nitrogen and oxygen atoms in total. The highest BCUT2D eigenvalue weighted by Crippen LogP contribution is 2.51. The van der Waals surface area contributed by atoms with Crippen molar-refractivity contribution in [2.75, 3.05) is 26.3 Å². The lowest BCUT2D eigenvalue weighted by Crippen LogP contribution is -2.41. The van der Waals surface area contributed by atoms with Crippen LogP contribution in [0.25, 0.3) is 0 Å². The number of hydrogen-bond donors (Lipinski definition) is 0. The molecule has 1 aliphatic carbocycles. The molecular formula is C15H16F3NO2. The van der Waals surface area contributed by atoms with Gasteiger partial charge in [-0.05, 0) is 24.0 Å². The van der Waals surface area contributed by atoms with Crippen LogP contribution in [0.3, 0.4) is 0 Å². The minimum atomic E-state index is -4.37. The smallest absolute Gasteiger partial charge is 0.378 e. The third kappa shape index (κ3) is 2.90. The summed E-state index contributed by atoms with van der Waals surface area (Å²) in [6, 6.07) is 5.55. The van der Waals surface area contributed by atoms with Crippen LogP contribution in [0.4, 0.5) is 13.2 Å².